The number of hydrogen-bond donors (Lipinski definition) is 0. The number of hydrogen-bond acceptors (Lipinski definition) is 8. The van der Waals surface area contributed by atoms with Crippen molar-refractivity contribution in [1.82, 2.24) is 0 Å². The van der Waals surface area contributed by atoms with E-state index in [9.17, 15) is 19.5 Å². The molecule has 0 aliphatic rings. The quantitative estimate of drug-likeness (QED) is 0.0195. The van der Waals surface area contributed by atoms with Gasteiger partial charge in [-0.15, -0.1) is 0 Å². The third kappa shape index (κ3) is 55.3. The SMILES string of the molecule is CC/C=C\C/C=C\C/C=C\C/C=C\C/C=C\C/C=C\CCCCCCCCCCCCCCC(=O)OC(COC(=O)CCCCCC/C=C\C/C=C\C/C=C\C/C=C\CC)COC(OCC[N+](C)(C)C)C(=O)[O-]. The molecule has 73 heavy (non-hydrogen) atoms. The second kappa shape index (κ2) is 54.0. The maximum absolute atomic E-state index is 12.9. The van der Waals surface area contributed by atoms with Gasteiger partial charge < -0.3 is 33.3 Å². The van der Waals surface area contributed by atoms with Crippen molar-refractivity contribution in [3.63, 3.8) is 0 Å². The van der Waals surface area contributed by atoms with E-state index in [4.69, 9.17) is 18.9 Å². The molecule has 0 saturated heterocycles. The highest BCUT2D eigenvalue weighted by molar-refractivity contribution is 5.70. The Hall–Kier alpha value is -4.31. The first-order valence-corrected chi connectivity index (χ1v) is 28.7. The molecule has 0 radical (unpaired) electrons. The number of quaternary nitrogens is 1. The maximum Gasteiger partial charge on any atom is 0.306 e. The molecule has 0 aliphatic carbocycles. The topological polar surface area (TPSA) is 111 Å². The Morgan fingerprint density at radius 2 is 0.740 bits per heavy atom. The molecule has 414 valence electrons. The molecule has 0 saturated carbocycles. The first kappa shape index (κ1) is 68.7. The van der Waals surface area contributed by atoms with E-state index in [2.05, 4.69) is 135 Å². The van der Waals surface area contributed by atoms with Gasteiger partial charge in [-0.2, -0.15) is 0 Å². The first-order chi connectivity index (χ1) is 35.6. The van der Waals surface area contributed by atoms with Gasteiger partial charge in [0.25, 0.3) is 0 Å². The second-order valence-electron chi connectivity index (χ2n) is 19.8. The maximum atomic E-state index is 12.9. The zero-order valence-electron chi connectivity index (χ0n) is 47.0. The summed E-state index contributed by atoms with van der Waals surface area (Å²) >= 11 is 0. The highest BCUT2D eigenvalue weighted by atomic mass is 16.7. The molecule has 9 nitrogen and oxygen atoms in total. The number of rotatable bonds is 51. The molecule has 0 rings (SSSR count). The van der Waals surface area contributed by atoms with E-state index in [1.165, 1.54) is 57.8 Å². The number of nitrogens with zero attached hydrogens (tertiary/aromatic N) is 1. The molecule has 0 aromatic rings. The Balaban J connectivity index is 4.26. The molecule has 0 N–H and O–H groups in total. The van der Waals surface area contributed by atoms with Gasteiger partial charge >= 0.3 is 11.9 Å². The molecule has 0 aromatic heterocycles. The van der Waals surface area contributed by atoms with E-state index in [1.807, 2.05) is 21.1 Å². The van der Waals surface area contributed by atoms with Gasteiger partial charge in [-0.1, -0.05) is 212 Å². The van der Waals surface area contributed by atoms with Gasteiger partial charge in [0.05, 0.1) is 40.3 Å². The van der Waals surface area contributed by atoms with Gasteiger partial charge in [-0.25, -0.2) is 0 Å². The summed E-state index contributed by atoms with van der Waals surface area (Å²) in [7, 11) is 5.90. The summed E-state index contributed by atoms with van der Waals surface area (Å²) in [5, 5.41) is 11.8. The van der Waals surface area contributed by atoms with Gasteiger partial charge in [0.1, 0.15) is 13.2 Å². The minimum Gasteiger partial charge on any atom is -0.545 e. The van der Waals surface area contributed by atoms with Crippen molar-refractivity contribution in [2.45, 2.75) is 219 Å². The van der Waals surface area contributed by atoms with Crippen molar-refractivity contribution >= 4 is 17.9 Å². The average molecular weight is 1020 g/mol. The van der Waals surface area contributed by atoms with Crippen LogP contribution < -0.4 is 5.11 Å². The normalized spacial score (nSPS) is 13.7. The molecule has 0 fully saturated rings. The molecule has 0 spiro atoms. The molecule has 0 aromatic carbocycles. The van der Waals surface area contributed by atoms with Gasteiger partial charge in [0.15, 0.2) is 12.4 Å². The van der Waals surface area contributed by atoms with E-state index >= 15 is 0 Å². The number of esters is 2. The summed E-state index contributed by atoms with van der Waals surface area (Å²) in [5.41, 5.74) is 0. The predicted molar refractivity (Wildman–Crippen MR) is 306 cm³/mol. The lowest BCUT2D eigenvalue weighted by Crippen LogP contribution is -2.44. The lowest BCUT2D eigenvalue weighted by atomic mass is 10.0. The summed E-state index contributed by atoms with van der Waals surface area (Å²) in [6.07, 6.45) is 72.5. The van der Waals surface area contributed by atoms with Crippen molar-refractivity contribution in [1.29, 1.82) is 0 Å². The number of unbranched alkanes of at least 4 members (excludes halogenated alkanes) is 16. The zero-order valence-corrected chi connectivity index (χ0v) is 47.0. The number of carbonyl (C=O) groups is 3. The van der Waals surface area contributed by atoms with E-state index < -0.39 is 24.3 Å². The fraction of sp³-hybridized carbons (Fsp3) is 0.641. The van der Waals surface area contributed by atoms with Crippen LogP contribution in [0.2, 0.25) is 0 Å². The fourth-order valence-corrected chi connectivity index (χ4v) is 7.35. The van der Waals surface area contributed by atoms with Crippen molar-refractivity contribution in [3.05, 3.63) is 122 Å². The average Bonchev–Trinajstić information content (AvgIpc) is 3.36. The summed E-state index contributed by atoms with van der Waals surface area (Å²) in [4.78, 5) is 37.3. The molecule has 2 atom stereocenters. The molecule has 0 bridgehead atoms. The Kier molecular flexibility index (Phi) is 50.8. The minimum atomic E-state index is -1.63. The third-order valence-corrected chi connectivity index (χ3v) is 11.7. The molecule has 9 heteroatoms. The van der Waals surface area contributed by atoms with Crippen LogP contribution in [0.4, 0.5) is 0 Å². The number of likely N-dealkylation sites (N-methyl/N-ethyl adjacent to an activating group) is 1. The lowest BCUT2D eigenvalue weighted by Gasteiger charge is -2.26. The van der Waals surface area contributed by atoms with E-state index in [1.54, 1.807) is 0 Å². The van der Waals surface area contributed by atoms with Crippen molar-refractivity contribution in [2.75, 3.05) is 47.5 Å². The Morgan fingerprint density at radius 1 is 0.411 bits per heavy atom. The monoisotopic (exact) mass is 1020 g/mol. The molecular formula is C64H105NO8. The van der Waals surface area contributed by atoms with Crippen LogP contribution in [0, 0.1) is 0 Å². The number of carbonyl (C=O) groups excluding carboxylic acids is 3. The van der Waals surface area contributed by atoms with Crippen LogP contribution >= 0.6 is 0 Å². The highest BCUT2D eigenvalue weighted by Crippen LogP contribution is 2.15. The summed E-state index contributed by atoms with van der Waals surface area (Å²) in [6, 6.07) is 0. The van der Waals surface area contributed by atoms with Gasteiger partial charge in [-0.3, -0.25) is 9.59 Å². The van der Waals surface area contributed by atoms with Crippen LogP contribution in [0.3, 0.4) is 0 Å². The Morgan fingerprint density at radius 3 is 1.10 bits per heavy atom. The van der Waals surface area contributed by atoms with Crippen LogP contribution in [0.25, 0.3) is 0 Å². The third-order valence-electron chi connectivity index (χ3n) is 11.7. The van der Waals surface area contributed by atoms with Crippen molar-refractivity contribution in [3.8, 4) is 0 Å². The molecule has 0 aliphatic heterocycles. The van der Waals surface area contributed by atoms with E-state index in [0.717, 1.165) is 109 Å². The highest BCUT2D eigenvalue weighted by Gasteiger charge is 2.22. The number of carboxylic acid groups (broad SMARTS) is 1. The van der Waals surface area contributed by atoms with Crippen molar-refractivity contribution < 1.29 is 42.9 Å². The standard InChI is InChI=1S/C64H105NO8/c1-6-8-10-12-14-16-18-20-22-24-25-26-27-28-29-30-31-32-33-34-35-36-37-39-41-43-45-47-49-51-53-55-62(67)73-60(59-72-64(63(68)69)70-57-56-65(3,4)5)58-71-61(66)54-52-50-48-46-44-42-40-38-23-21-19-17-15-13-11-9-7-2/h8-11,14-17,20-23,25-26,28-29,31-32,40,42,60,64H,6-7,12-13,18-19,24,27,30,33-39,41,43-59H2,1-5H3/b10-8-,11-9-,16-14-,17-15-,22-20-,23-21-,26-25-,29-28-,32-31-,42-40-. The number of aliphatic carboxylic acids is 1. The second-order valence-corrected chi connectivity index (χ2v) is 19.8. The van der Waals surface area contributed by atoms with Crippen molar-refractivity contribution in [2.24, 2.45) is 0 Å². The Labute approximate surface area is 447 Å². The molecule has 0 heterocycles. The number of carboxylic acids is 1. The van der Waals surface area contributed by atoms with Gasteiger partial charge in [0.2, 0.25) is 0 Å². The van der Waals surface area contributed by atoms with Crippen LogP contribution in [0.1, 0.15) is 206 Å². The first-order valence-electron chi connectivity index (χ1n) is 28.7. The Bertz CT molecular complexity index is 1610. The largest absolute Gasteiger partial charge is 0.545 e. The number of ether oxygens (including phenoxy) is 4. The smallest absolute Gasteiger partial charge is 0.306 e. The number of allylic oxidation sites excluding steroid dienone is 20. The summed E-state index contributed by atoms with van der Waals surface area (Å²) in [6.45, 7) is 4.47. The van der Waals surface area contributed by atoms with Gasteiger partial charge in [0, 0.05) is 12.8 Å². The lowest BCUT2D eigenvalue weighted by molar-refractivity contribution is -0.870. The summed E-state index contributed by atoms with van der Waals surface area (Å²) in [5.74, 6) is -2.33. The molecule has 2 unspecified atom stereocenters. The van der Waals surface area contributed by atoms with Gasteiger partial charge in [-0.05, 0) is 103 Å². The predicted octanol–water partition coefficient (Wildman–Crippen LogP) is 15.6. The minimum absolute atomic E-state index is 0.137. The van der Waals surface area contributed by atoms with E-state index in [-0.39, 0.29) is 38.6 Å². The van der Waals surface area contributed by atoms with Crippen LogP contribution in [0.15, 0.2) is 122 Å². The summed E-state index contributed by atoms with van der Waals surface area (Å²) < 4.78 is 22.6. The van der Waals surface area contributed by atoms with Crippen LogP contribution in [-0.4, -0.2) is 82.3 Å². The van der Waals surface area contributed by atoms with E-state index in [0.29, 0.717) is 23.9 Å². The van der Waals surface area contributed by atoms with Crippen LogP contribution in [0.5, 0.6) is 0 Å². The molecular weight excluding hydrogens is 911 g/mol. The zero-order chi connectivity index (χ0) is 53.4. The fourth-order valence-electron chi connectivity index (χ4n) is 7.35. The van der Waals surface area contributed by atoms with Crippen LogP contribution in [-0.2, 0) is 33.3 Å². The molecule has 0 amide bonds.